The lowest BCUT2D eigenvalue weighted by Gasteiger charge is -2.33. The summed E-state index contributed by atoms with van der Waals surface area (Å²) in [4.78, 5) is 26.9. The molecule has 122 valence electrons. The largest absolute Gasteiger partial charge is 0.428 e. The third kappa shape index (κ3) is 1.67. The monoisotopic (exact) mass is 325 g/mol. The van der Waals surface area contributed by atoms with Gasteiger partial charge in [-0.15, -0.1) is 0 Å². The first-order valence-corrected chi connectivity index (χ1v) is 7.89. The molecule has 2 aliphatic heterocycles. The second-order valence-electron chi connectivity index (χ2n) is 6.46. The van der Waals surface area contributed by atoms with E-state index < -0.39 is 29.5 Å². The van der Waals surface area contributed by atoms with E-state index in [0.29, 0.717) is 11.1 Å². The summed E-state index contributed by atoms with van der Waals surface area (Å²) in [6.07, 6.45) is 0. The molecule has 2 atom stereocenters. The first-order chi connectivity index (χ1) is 11.5. The number of benzene rings is 2. The predicted molar refractivity (Wildman–Crippen MR) is 84.5 cm³/mol. The van der Waals surface area contributed by atoms with Crippen LogP contribution in [0.5, 0.6) is 0 Å². The van der Waals surface area contributed by atoms with Gasteiger partial charge in [-0.3, -0.25) is 9.69 Å². The second-order valence-corrected chi connectivity index (χ2v) is 6.46. The minimum atomic E-state index is -1.39. The van der Waals surface area contributed by atoms with E-state index in [4.69, 9.17) is 4.74 Å². The van der Waals surface area contributed by atoms with Crippen molar-refractivity contribution in [1.29, 1.82) is 0 Å². The zero-order valence-corrected chi connectivity index (χ0v) is 13.3. The van der Waals surface area contributed by atoms with E-state index in [0.717, 1.165) is 0 Å². The average molecular weight is 325 g/mol. The number of fused-ring (bicyclic) bond motifs is 3. The number of nitrogens with zero attached hydrogens (tertiary/aromatic N) is 1. The van der Waals surface area contributed by atoms with Gasteiger partial charge in [0.1, 0.15) is 11.9 Å². The molecule has 2 aromatic carbocycles. The summed E-state index contributed by atoms with van der Waals surface area (Å²) in [6, 6.07) is 12.7. The van der Waals surface area contributed by atoms with Crippen LogP contribution < -0.4 is 0 Å². The molecule has 2 aliphatic rings. The van der Waals surface area contributed by atoms with E-state index >= 15 is 0 Å². The topological polar surface area (TPSA) is 46.6 Å². The summed E-state index contributed by atoms with van der Waals surface area (Å²) in [7, 11) is 0. The molecule has 5 heteroatoms. The molecule has 0 aliphatic carbocycles. The fraction of sp³-hybridized carbons (Fsp3) is 0.263. The van der Waals surface area contributed by atoms with Crippen molar-refractivity contribution in [3.63, 3.8) is 0 Å². The van der Waals surface area contributed by atoms with E-state index in [9.17, 15) is 14.0 Å². The lowest BCUT2D eigenvalue weighted by Crippen LogP contribution is -2.46. The summed E-state index contributed by atoms with van der Waals surface area (Å²) in [5.41, 5.74) is -0.379. The molecule has 1 amide bonds. The zero-order chi connectivity index (χ0) is 17.1. The highest BCUT2D eigenvalue weighted by atomic mass is 19.1. The lowest BCUT2D eigenvalue weighted by atomic mass is 9.93. The van der Waals surface area contributed by atoms with E-state index in [2.05, 4.69) is 0 Å². The van der Waals surface area contributed by atoms with Crippen LogP contribution in [-0.2, 0) is 15.3 Å². The minimum absolute atomic E-state index is 0.0143. The highest BCUT2D eigenvalue weighted by molar-refractivity contribution is 6.05. The van der Waals surface area contributed by atoms with Crippen molar-refractivity contribution in [2.75, 3.05) is 0 Å². The van der Waals surface area contributed by atoms with Crippen molar-refractivity contribution in [2.45, 2.75) is 25.6 Å². The number of ether oxygens (including phenoxy) is 1. The Kier molecular flexibility index (Phi) is 3.04. The molecular weight excluding hydrogens is 309 g/mol. The maximum absolute atomic E-state index is 14.4. The molecular formula is C19H16FNO3. The fourth-order valence-corrected chi connectivity index (χ4v) is 3.74. The molecule has 2 heterocycles. The van der Waals surface area contributed by atoms with Crippen LogP contribution in [0.25, 0.3) is 0 Å². The molecule has 0 radical (unpaired) electrons. The number of halogens is 1. The number of amides is 1. The molecule has 0 bridgehead atoms. The molecule has 4 rings (SSSR count). The number of carbonyl (C=O) groups is 2. The van der Waals surface area contributed by atoms with Crippen molar-refractivity contribution in [3.8, 4) is 0 Å². The van der Waals surface area contributed by atoms with E-state index in [1.54, 1.807) is 30.3 Å². The number of esters is 1. The Balaban J connectivity index is 2.05. The number of rotatable bonds is 2. The van der Waals surface area contributed by atoms with Gasteiger partial charge in [0.25, 0.3) is 5.91 Å². The van der Waals surface area contributed by atoms with Gasteiger partial charge in [-0.25, -0.2) is 9.18 Å². The normalized spacial score (nSPS) is 25.0. The Bertz CT molecular complexity index is 849. The Labute approximate surface area is 138 Å². The van der Waals surface area contributed by atoms with Gasteiger partial charge in [-0.05, 0) is 12.0 Å². The van der Waals surface area contributed by atoms with E-state index in [-0.39, 0.29) is 11.5 Å². The van der Waals surface area contributed by atoms with Crippen LogP contribution in [0.3, 0.4) is 0 Å². The molecule has 1 saturated heterocycles. The summed E-state index contributed by atoms with van der Waals surface area (Å²) >= 11 is 0. The molecule has 1 fully saturated rings. The summed E-state index contributed by atoms with van der Waals surface area (Å²) < 4.78 is 20.2. The standard InChI is InChI=1S/C19H16FNO3/c1-11(2)16-18(23)24-19(12-7-4-3-5-8-12)13-9-6-10-14(20)15(13)17(22)21(16)19/h3-11,16H,1-2H3/t16-,19+/m0/s1. The molecule has 0 spiro atoms. The SMILES string of the molecule is CC(C)[C@H]1C(=O)O[C@]2(c3ccccc3)c3cccc(F)c3C(=O)N12. The first-order valence-electron chi connectivity index (χ1n) is 7.89. The maximum atomic E-state index is 14.4. The average Bonchev–Trinajstić information content (AvgIpc) is 3.00. The Morgan fingerprint density at radius 2 is 1.79 bits per heavy atom. The minimum Gasteiger partial charge on any atom is -0.428 e. The van der Waals surface area contributed by atoms with Crippen LogP contribution in [0.1, 0.15) is 35.3 Å². The van der Waals surface area contributed by atoms with E-state index in [1.807, 2.05) is 19.9 Å². The van der Waals surface area contributed by atoms with Gasteiger partial charge < -0.3 is 4.74 Å². The summed E-state index contributed by atoms with van der Waals surface area (Å²) in [5.74, 6) is -1.71. The van der Waals surface area contributed by atoms with Gasteiger partial charge in [0.05, 0.1) is 5.56 Å². The first kappa shape index (κ1) is 14.9. The number of carbonyl (C=O) groups excluding carboxylic acids is 2. The number of hydrogen-bond acceptors (Lipinski definition) is 3. The Morgan fingerprint density at radius 3 is 2.46 bits per heavy atom. The van der Waals surface area contributed by atoms with Gasteiger partial charge in [0, 0.05) is 11.1 Å². The van der Waals surface area contributed by atoms with Crippen LogP contribution in [0.2, 0.25) is 0 Å². The maximum Gasteiger partial charge on any atom is 0.331 e. The van der Waals surface area contributed by atoms with Crippen molar-refractivity contribution >= 4 is 11.9 Å². The lowest BCUT2D eigenvalue weighted by molar-refractivity contribution is -0.149. The molecule has 0 unspecified atom stereocenters. The molecule has 0 aromatic heterocycles. The third-order valence-corrected chi connectivity index (χ3v) is 4.72. The van der Waals surface area contributed by atoms with E-state index in [1.165, 1.54) is 17.0 Å². The fourth-order valence-electron chi connectivity index (χ4n) is 3.74. The van der Waals surface area contributed by atoms with Crippen molar-refractivity contribution in [3.05, 3.63) is 71.0 Å². The predicted octanol–water partition coefficient (Wildman–Crippen LogP) is 3.06. The van der Waals surface area contributed by atoms with Crippen molar-refractivity contribution in [2.24, 2.45) is 5.92 Å². The zero-order valence-electron chi connectivity index (χ0n) is 13.3. The third-order valence-electron chi connectivity index (χ3n) is 4.72. The molecule has 0 saturated carbocycles. The quantitative estimate of drug-likeness (QED) is 0.797. The molecule has 2 aromatic rings. The van der Waals surface area contributed by atoms with Crippen LogP contribution >= 0.6 is 0 Å². The van der Waals surface area contributed by atoms with Gasteiger partial charge in [0.15, 0.2) is 0 Å². The van der Waals surface area contributed by atoms with Crippen LogP contribution in [0, 0.1) is 11.7 Å². The second kappa shape index (κ2) is 4.90. The van der Waals surface area contributed by atoms with Crippen molar-refractivity contribution < 1.29 is 18.7 Å². The Morgan fingerprint density at radius 1 is 1.08 bits per heavy atom. The van der Waals surface area contributed by atoms with Gasteiger partial charge in [0.2, 0.25) is 5.72 Å². The summed E-state index contributed by atoms with van der Waals surface area (Å²) in [5, 5.41) is 0. The summed E-state index contributed by atoms with van der Waals surface area (Å²) in [6.45, 7) is 3.69. The highest BCUT2D eigenvalue weighted by Crippen LogP contribution is 2.51. The van der Waals surface area contributed by atoms with Gasteiger partial charge in [-0.1, -0.05) is 56.3 Å². The highest BCUT2D eigenvalue weighted by Gasteiger charge is 2.64. The van der Waals surface area contributed by atoms with Crippen LogP contribution in [0.4, 0.5) is 4.39 Å². The molecule has 0 N–H and O–H groups in total. The number of hydrogen-bond donors (Lipinski definition) is 0. The Hall–Kier alpha value is -2.69. The smallest absolute Gasteiger partial charge is 0.331 e. The van der Waals surface area contributed by atoms with Gasteiger partial charge >= 0.3 is 5.97 Å². The van der Waals surface area contributed by atoms with Crippen LogP contribution in [0.15, 0.2) is 48.5 Å². The van der Waals surface area contributed by atoms with Crippen molar-refractivity contribution in [1.82, 2.24) is 4.90 Å². The molecule has 4 nitrogen and oxygen atoms in total. The molecule has 24 heavy (non-hydrogen) atoms. The van der Waals surface area contributed by atoms with Gasteiger partial charge in [-0.2, -0.15) is 0 Å². The van der Waals surface area contributed by atoms with Crippen LogP contribution in [-0.4, -0.2) is 22.8 Å².